The van der Waals surface area contributed by atoms with E-state index in [2.05, 4.69) is 21.2 Å². The molecule has 0 unspecified atom stereocenters. The lowest BCUT2D eigenvalue weighted by atomic mass is 10.2. The van der Waals surface area contributed by atoms with E-state index in [1.165, 1.54) is 6.08 Å². The molecule has 0 saturated carbocycles. The van der Waals surface area contributed by atoms with Gasteiger partial charge in [0.05, 0.1) is 10.6 Å². The number of primary amides is 1. The zero-order valence-corrected chi connectivity index (χ0v) is 17.9. The van der Waals surface area contributed by atoms with Gasteiger partial charge in [-0.05, 0) is 52.0 Å². The van der Waals surface area contributed by atoms with Crippen molar-refractivity contribution in [3.63, 3.8) is 0 Å². The maximum absolute atomic E-state index is 12.7. The third-order valence-electron chi connectivity index (χ3n) is 3.90. The van der Waals surface area contributed by atoms with Crippen LogP contribution in [-0.2, 0) is 14.4 Å². The molecule has 1 saturated heterocycles. The molecule has 2 aromatic rings. The van der Waals surface area contributed by atoms with Crippen molar-refractivity contribution in [2.75, 3.05) is 18.5 Å². The van der Waals surface area contributed by atoms with Crippen molar-refractivity contribution in [2.45, 2.75) is 0 Å². The highest BCUT2D eigenvalue weighted by Crippen LogP contribution is 2.34. The largest absolute Gasteiger partial charge is 0.483 e. The molecule has 3 rings (SSSR count). The number of nitrogens with zero attached hydrogens (tertiary/aromatic N) is 1. The third kappa shape index (κ3) is 5.28. The molecule has 10 heteroatoms. The number of nitrogens with two attached hydrogens (primary N) is 1. The first kappa shape index (κ1) is 21.6. The highest BCUT2D eigenvalue weighted by molar-refractivity contribution is 9.10. The van der Waals surface area contributed by atoms with E-state index in [4.69, 9.17) is 10.5 Å². The molecule has 1 aliphatic rings. The molecule has 0 aliphatic carbocycles. The van der Waals surface area contributed by atoms with E-state index >= 15 is 0 Å². The van der Waals surface area contributed by atoms with Crippen LogP contribution in [0.3, 0.4) is 0 Å². The lowest BCUT2D eigenvalue weighted by molar-refractivity contribution is -0.127. The van der Waals surface area contributed by atoms with Gasteiger partial charge in [-0.25, -0.2) is 0 Å². The summed E-state index contributed by atoms with van der Waals surface area (Å²) >= 11 is 4.04. The molecule has 4 amide bonds. The number of para-hydroxylation sites is 2. The molecule has 0 spiro atoms. The monoisotopic (exact) mass is 489 g/mol. The maximum atomic E-state index is 12.7. The summed E-state index contributed by atoms with van der Waals surface area (Å²) in [7, 11) is 0. The molecule has 0 bridgehead atoms. The van der Waals surface area contributed by atoms with E-state index in [1.807, 2.05) is 0 Å². The van der Waals surface area contributed by atoms with Gasteiger partial charge in [0.1, 0.15) is 12.3 Å². The van der Waals surface area contributed by atoms with Crippen molar-refractivity contribution in [3.8, 4) is 5.75 Å². The summed E-state index contributed by atoms with van der Waals surface area (Å²) in [4.78, 5) is 49.2. The first-order valence-electron chi connectivity index (χ1n) is 8.65. The number of imide groups is 1. The predicted octanol–water partition coefficient (Wildman–Crippen LogP) is 2.99. The Bertz CT molecular complexity index is 1060. The predicted molar refractivity (Wildman–Crippen MR) is 117 cm³/mol. The second-order valence-electron chi connectivity index (χ2n) is 6.09. The van der Waals surface area contributed by atoms with Crippen LogP contribution in [0.2, 0.25) is 0 Å². The molecule has 0 radical (unpaired) electrons. The second kappa shape index (κ2) is 9.59. The summed E-state index contributed by atoms with van der Waals surface area (Å²) < 4.78 is 6.01. The number of hydrogen-bond donors (Lipinski definition) is 2. The molecule has 30 heavy (non-hydrogen) atoms. The van der Waals surface area contributed by atoms with Crippen molar-refractivity contribution in [3.05, 3.63) is 63.5 Å². The van der Waals surface area contributed by atoms with Gasteiger partial charge in [0.25, 0.3) is 17.1 Å². The fraction of sp³-hybridized carbons (Fsp3) is 0.100. The third-order valence-corrected chi connectivity index (χ3v) is 5.50. The Morgan fingerprint density at radius 2 is 1.83 bits per heavy atom. The quantitative estimate of drug-likeness (QED) is 0.577. The number of rotatable bonds is 7. The number of carbonyl (C=O) groups excluding carboxylic acids is 4. The zero-order valence-electron chi connectivity index (χ0n) is 15.5. The number of hydrogen-bond acceptors (Lipinski definition) is 6. The molecular weight excluding hydrogens is 474 g/mol. The van der Waals surface area contributed by atoms with E-state index in [0.29, 0.717) is 21.5 Å². The number of amides is 4. The van der Waals surface area contributed by atoms with Crippen LogP contribution in [0.1, 0.15) is 5.56 Å². The molecule has 154 valence electrons. The maximum Gasteiger partial charge on any atom is 0.294 e. The lowest BCUT2D eigenvalue weighted by Crippen LogP contribution is -2.36. The van der Waals surface area contributed by atoms with Crippen LogP contribution in [0.15, 0.2) is 57.9 Å². The molecule has 0 atom stereocenters. The summed E-state index contributed by atoms with van der Waals surface area (Å²) in [6.45, 7) is -0.731. The average Bonchev–Trinajstić information content (AvgIpc) is 2.96. The standard InChI is InChI=1S/C20H16BrN3O5S/c21-13-6-2-3-7-14(13)23-18(26)10-24-19(27)16(30-20(24)28)9-12-5-1-4-8-15(12)29-11-17(22)25/h1-9H,10-11H2,(H2,22,25)(H,23,26)/b16-9+. The minimum Gasteiger partial charge on any atom is -0.483 e. The molecule has 1 heterocycles. The van der Waals surface area contributed by atoms with Gasteiger partial charge in [0.2, 0.25) is 5.91 Å². The van der Waals surface area contributed by atoms with Crippen molar-refractivity contribution < 1.29 is 23.9 Å². The van der Waals surface area contributed by atoms with Crippen LogP contribution in [-0.4, -0.2) is 41.0 Å². The summed E-state index contributed by atoms with van der Waals surface area (Å²) in [5.74, 6) is -1.39. The Kier molecular flexibility index (Phi) is 6.91. The zero-order chi connectivity index (χ0) is 21.7. The Morgan fingerprint density at radius 1 is 1.13 bits per heavy atom. The highest BCUT2D eigenvalue weighted by Gasteiger charge is 2.36. The highest BCUT2D eigenvalue weighted by atomic mass is 79.9. The molecule has 1 fully saturated rings. The molecule has 3 N–H and O–H groups in total. The number of carbonyl (C=O) groups is 4. The van der Waals surface area contributed by atoms with E-state index in [1.54, 1.807) is 48.5 Å². The number of ether oxygens (including phenoxy) is 1. The van der Waals surface area contributed by atoms with Crippen molar-refractivity contribution in [1.82, 2.24) is 4.90 Å². The van der Waals surface area contributed by atoms with Crippen molar-refractivity contribution in [1.29, 1.82) is 0 Å². The van der Waals surface area contributed by atoms with Gasteiger partial charge in [0, 0.05) is 10.0 Å². The van der Waals surface area contributed by atoms with Crippen molar-refractivity contribution in [2.24, 2.45) is 5.73 Å². The van der Waals surface area contributed by atoms with Gasteiger partial charge in [0.15, 0.2) is 6.61 Å². The summed E-state index contributed by atoms with van der Waals surface area (Å²) in [5, 5.41) is 2.10. The Hall–Kier alpha value is -3.11. The van der Waals surface area contributed by atoms with Crippen LogP contribution in [0.5, 0.6) is 5.75 Å². The Labute approximate surface area is 184 Å². The number of thioether (sulfide) groups is 1. The minimum absolute atomic E-state index is 0.142. The van der Waals surface area contributed by atoms with Crippen LogP contribution < -0.4 is 15.8 Å². The lowest BCUT2D eigenvalue weighted by Gasteiger charge is -2.13. The Balaban J connectivity index is 1.73. The van der Waals surface area contributed by atoms with Gasteiger partial charge in [-0.2, -0.15) is 0 Å². The van der Waals surface area contributed by atoms with Gasteiger partial charge in [-0.3, -0.25) is 24.1 Å². The first-order chi connectivity index (χ1) is 14.3. The number of benzene rings is 2. The van der Waals surface area contributed by atoms with E-state index in [-0.39, 0.29) is 11.5 Å². The summed E-state index contributed by atoms with van der Waals surface area (Å²) in [6.07, 6.45) is 1.48. The molecule has 8 nitrogen and oxygen atoms in total. The van der Waals surface area contributed by atoms with Gasteiger partial charge in [-0.1, -0.05) is 30.3 Å². The first-order valence-corrected chi connectivity index (χ1v) is 10.3. The molecule has 0 aromatic heterocycles. The normalized spacial score (nSPS) is 14.8. The van der Waals surface area contributed by atoms with E-state index in [0.717, 1.165) is 16.7 Å². The number of nitrogens with one attached hydrogen (secondary N) is 1. The summed E-state index contributed by atoms with van der Waals surface area (Å²) in [6, 6.07) is 13.7. The number of halogens is 1. The fourth-order valence-electron chi connectivity index (χ4n) is 2.55. The van der Waals surface area contributed by atoms with Crippen LogP contribution in [0.4, 0.5) is 10.5 Å². The summed E-state index contributed by atoms with van der Waals surface area (Å²) in [5.41, 5.74) is 6.13. The molecular formula is C20H16BrN3O5S. The second-order valence-corrected chi connectivity index (χ2v) is 7.94. The van der Waals surface area contributed by atoms with E-state index in [9.17, 15) is 19.2 Å². The van der Waals surface area contributed by atoms with Crippen LogP contribution in [0.25, 0.3) is 6.08 Å². The Morgan fingerprint density at radius 3 is 2.57 bits per heavy atom. The minimum atomic E-state index is -0.638. The van der Waals surface area contributed by atoms with Gasteiger partial charge >= 0.3 is 0 Å². The molecule has 1 aliphatic heterocycles. The van der Waals surface area contributed by atoms with Gasteiger partial charge < -0.3 is 15.8 Å². The van der Waals surface area contributed by atoms with E-state index < -0.39 is 29.5 Å². The smallest absolute Gasteiger partial charge is 0.294 e. The topological polar surface area (TPSA) is 119 Å². The average molecular weight is 490 g/mol. The van der Waals surface area contributed by atoms with Crippen LogP contribution in [0, 0.1) is 0 Å². The van der Waals surface area contributed by atoms with Gasteiger partial charge in [-0.15, -0.1) is 0 Å². The van der Waals surface area contributed by atoms with Crippen LogP contribution >= 0.6 is 27.7 Å². The fourth-order valence-corrected chi connectivity index (χ4v) is 3.77. The number of anilines is 1. The SMILES string of the molecule is NC(=O)COc1ccccc1/C=C1/SC(=O)N(CC(=O)Nc2ccccc2Br)C1=O. The molecule has 2 aromatic carbocycles. The van der Waals surface area contributed by atoms with Crippen molar-refractivity contribution >= 4 is 62.4 Å².